The van der Waals surface area contributed by atoms with Crippen LogP contribution in [0.15, 0.2) is 0 Å². The van der Waals surface area contributed by atoms with Crippen LogP contribution < -0.4 is 0 Å². The van der Waals surface area contributed by atoms with Crippen LogP contribution in [0.4, 0.5) is 0 Å². The van der Waals surface area contributed by atoms with Gasteiger partial charge in [0.15, 0.2) is 0 Å². The molecule has 0 unspecified atom stereocenters. The van der Waals surface area contributed by atoms with Crippen LogP contribution in [-0.4, -0.2) is 49.1 Å². The Labute approximate surface area is 95.6 Å². The molecule has 2 nitrogen and oxygen atoms in total. The average molecular weight is 212 g/mol. The molecule has 0 aromatic rings. The molecule has 0 saturated carbocycles. The summed E-state index contributed by atoms with van der Waals surface area (Å²) >= 11 is 0. The van der Waals surface area contributed by atoms with Crippen molar-refractivity contribution < 1.29 is 0 Å². The highest BCUT2D eigenvalue weighted by atomic mass is 15.3. The number of piperazine rings is 1. The molecule has 15 heavy (non-hydrogen) atoms. The van der Waals surface area contributed by atoms with Crippen LogP contribution in [0.25, 0.3) is 0 Å². The van der Waals surface area contributed by atoms with Crippen molar-refractivity contribution in [3.05, 3.63) is 0 Å². The molecule has 2 heteroatoms. The third-order valence-corrected chi connectivity index (χ3v) is 3.49. The molecule has 1 aliphatic heterocycles. The Morgan fingerprint density at radius 2 is 1.47 bits per heavy atom. The summed E-state index contributed by atoms with van der Waals surface area (Å²) in [5.74, 6) is 0. The highest BCUT2D eigenvalue weighted by molar-refractivity contribution is 4.78. The van der Waals surface area contributed by atoms with Crippen LogP contribution in [0.2, 0.25) is 0 Å². The zero-order chi connectivity index (χ0) is 11.3. The number of rotatable bonds is 5. The van der Waals surface area contributed by atoms with E-state index in [9.17, 15) is 0 Å². The lowest BCUT2D eigenvalue weighted by molar-refractivity contribution is 0.0963. The van der Waals surface area contributed by atoms with Crippen molar-refractivity contribution in [1.82, 2.24) is 9.80 Å². The summed E-state index contributed by atoms with van der Waals surface area (Å²) in [5, 5.41) is 0. The summed E-state index contributed by atoms with van der Waals surface area (Å²) in [6, 6.07) is 0. The zero-order valence-corrected chi connectivity index (χ0v) is 11.1. The maximum Gasteiger partial charge on any atom is 0.0110 e. The lowest BCUT2D eigenvalue weighted by Gasteiger charge is -2.38. The average Bonchev–Trinajstić information content (AvgIpc) is 2.18. The van der Waals surface area contributed by atoms with Gasteiger partial charge in [-0.05, 0) is 18.4 Å². The van der Waals surface area contributed by atoms with Gasteiger partial charge in [0.2, 0.25) is 0 Å². The van der Waals surface area contributed by atoms with Gasteiger partial charge in [0.25, 0.3) is 0 Å². The minimum absolute atomic E-state index is 0.503. The molecule has 1 rings (SSSR count). The molecule has 1 heterocycles. The van der Waals surface area contributed by atoms with E-state index in [1.165, 1.54) is 52.1 Å². The van der Waals surface area contributed by atoms with Crippen molar-refractivity contribution in [2.75, 3.05) is 39.3 Å². The van der Waals surface area contributed by atoms with Crippen LogP contribution in [-0.2, 0) is 0 Å². The molecule has 0 bridgehead atoms. The highest BCUT2D eigenvalue weighted by Gasteiger charge is 2.23. The van der Waals surface area contributed by atoms with Crippen molar-refractivity contribution in [1.29, 1.82) is 0 Å². The predicted octanol–water partition coefficient (Wildman–Crippen LogP) is 2.45. The first-order valence-electron chi connectivity index (χ1n) is 6.52. The Hall–Kier alpha value is -0.0800. The second-order valence-corrected chi connectivity index (χ2v) is 5.62. The van der Waals surface area contributed by atoms with Crippen LogP contribution >= 0.6 is 0 Å². The van der Waals surface area contributed by atoms with Crippen molar-refractivity contribution in [3.8, 4) is 0 Å². The van der Waals surface area contributed by atoms with Crippen molar-refractivity contribution in [3.63, 3.8) is 0 Å². The van der Waals surface area contributed by atoms with E-state index in [2.05, 4.69) is 37.5 Å². The summed E-state index contributed by atoms with van der Waals surface area (Å²) in [4.78, 5) is 5.19. The summed E-state index contributed by atoms with van der Waals surface area (Å²) < 4.78 is 0. The molecule has 0 aromatic heterocycles. The first-order valence-corrected chi connectivity index (χ1v) is 6.52. The van der Waals surface area contributed by atoms with E-state index in [1.54, 1.807) is 0 Å². The summed E-state index contributed by atoms with van der Waals surface area (Å²) in [5.41, 5.74) is 0.503. The number of hydrogen-bond donors (Lipinski definition) is 0. The number of likely N-dealkylation sites (N-methyl/N-ethyl adjacent to an activating group) is 1. The first-order chi connectivity index (χ1) is 7.07. The van der Waals surface area contributed by atoms with Crippen molar-refractivity contribution >= 4 is 0 Å². The monoisotopic (exact) mass is 212 g/mol. The molecule has 90 valence electrons. The molecule has 0 aromatic carbocycles. The van der Waals surface area contributed by atoms with Gasteiger partial charge in [-0.1, -0.05) is 34.1 Å². The fourth-order valence-corrected chi connectivity index (χ4v) is 2.62. The van der Waals surface area contributed by atoms with Gasteiger partial charge in [-0.25, -0.2) is 0 Å². The van der Waals surface area contributed by atoms with Gasteiger partial charge in [0.05, 0.1) is 0 Å². The Morgan fingerprint density at radius 1 is 0.933 bits per heavy atom. The number of nitrogens with zero attached hydrogens (tertiary/aromatic N) is 2. The smallest absolute Gasteiger partial charge is 0.0110 e. The van der Waals surface area contributed by atoms with Gasteiger partial charge in [0, 0.05) is 32.7 Å². The van der Waals surface area contributed by atoms with E-state index >= 15 is 0 Å². The molecule has 1 fully saturated rings. The SMILES string of the molecule is CCCC(C)(C)CN1CCN(CC)CC1. The number of hydrogen-bond acceptors (Lipinski definition) is 2. The largest absolute Gasteiger partial charge is 0.301 e. The van der Waals surface area contributed by atoms with Crippen LogP contribution in [0.1, 0.15) is 40.5 Å². The Morgan fingerprint density at radius 3 is 1.93 bits per heavy atom. The Balaban J connectivity index is 2.28. The molecule has 0 aliphatic carbocycles. The molecule has 0 amide bonds. The third-order valence-electron chi connectivity index (χ3n) is 3.49. The van der Waals surface area contributed by atoms with Crippen LogP contribution in [0.3, 0.4) is 0 Å². The van der Waals surface area contributed by atoms with Crippen molar-refractivity contribution in [2.24, 2.45) is 5.41 Å². The highest BCUT2D eigenvalue weighted by Crippen LogP contribution is 2.23. The standard InChI is InChI=1S/C13H28N2/c1-5-7-13(3,4)12-15-10-8-14(6-2)9-11-15/h5-12H2,1-4H3. The van der Waals surface area contributed by atoms with E-state index in [1.807, 2.05) is 0 Å². The topological polar surface area (TPSA) is 6.48 Å². The van der Waals surface area contributed by atoms with Gasteiger partial charge < -0.3 is 9.80 Å². The normalized spacial score (nSPS) is 20.8. The zero-order valence-electron chi connectivity index (χ0n) is 11.1. The second-order valence-electron chi connectivity index (χ2n) is 5.62. The summed E-state index contributed by atoms with van der Waals surface area (Å²) in [6.07, 6.45) is 2.66. The Bertz CT molecular complexity index is 169. The van der Waals surface area contributed by atoms with Gasteiger partial charge in [-0.3, -0.25) is 0 Å². The van der Waals surface area contributed by atoms with E-state index in [4.69, 9.17) is 0 Å². The van der Waals surface area contributed by atoms with Crippen molar-refractivity contribution in [2.45, 2.75) is 40.5 Å². The van der Waals surface area contributed by atoms with E-state index in [-0.39, 0.29) is 0 Å². The lowest BCUT2D eigenvalue weighted by atomic mass is 9.87. The van der Waals surface area contributed by atoms with E-state index in [0.717, 1.165) is 0 Å². The molecular weight excluding hydrogens is 184 g/mol. The van der Waals surface area contributed by atoms with Crippen LogP contribution in [0.5, 0.6) is 0 Å². The molecule has 1 aliphatic rings. The minimum atomic E-state index is 0.503. The van der Waals surface area contributed by atoms with Gasteiger partial charge >= 0.3 is 0 Å². The lowest BCUT2D eigenvalue weighted by Crippen LogP contribution is -2.48. The molecular formula is C13H28N2. The summed E-state index contributed by atoms with van der Waals surface area (Å²) in [6.45, 7) is 16.9. The molecule has 0 radical (unpaired) electrons. The van der Waals surface area contributed by atoms with E-state index < -0.39 is 0 Å². The summed E-state index contributed by atoms with van der Waals surface area (Å²) in [7, 11) is 0. The molecule has 0 N–H and O–H groups in total. The van der Waals surface area contributed by atoms with Gasteiger partial charge in [-0.2, -0.15) is 0 Å². The van der Waals surface area contributed by atoms with Gasteiger partial charge in [0.1, 0.15) is 0 Å². The molecule has 1 saturated heterocycles. The fraction of sp³-hybridized carbons (Fsp3) is 1.00. The quantitative estimate of drug-likeness (QED) is 0.691. The van der Waals surface area contributed by atoms with Gasteiger partial charge in [-0.15, -0.1) is 0 Å². The second kappa shape index (κ2) is 5.86. The fourth-order valence-electron chi connectivity index (χ4n) is 2.62. The maximum atomic E-state index is 2.64. The van der Waals surface area contributed by atoms with E-state index in [0.29, 0.717) is 5.41 Å². The molecule has 0 atom stereocenters. The molecule has 0 spiro atoms. The maximum absolute atomic E-state index is 2.64. The minimum Gasteiger partial charge on any atom is -0.301 e. The van der Waals surface area contributed by atoms with Crippen LogP contribution in [0, 0.1) is 5.41 Å². The third kappa shape index (κ3) is 4.52. The Kier molecular flexibility index (Phi) is 5.07. The predicted molar refractivity (Wildman–Crippen MR) is 67.2 cm³/mol. The first kappa shape index (κ1) is 13.0.